The van der Waals surface area contributed by atoms with Gasteiger partial charge in [0.25, 0.3) is 10.0 Å². The highest BCUT2D eigenvalue weighted by molar-refractivity contribution is 7.92. The number of anilines is 1. The van der Waals surface area contributed by atoms with Gasteiger partial charge in [0.15, 0.2) is 0 Å². The summed E-state index contributed by atoms with van der Waals surface area (Å²) in [4.78, 5) is 28.4. The summed E-state index contributed by atoms with van der Waals surface area (Å²) in [5.41, 5.74) is -0.451. The van der Waals surface area contributed by atoms with E-state index in [1.54, 1.807) is 13.0 Å². The maximum Gasteiger partial charge on any atom is 0.416 e. The quantitative estimate of drug-likeness (QED) is 0.295. The van der Waals surface area contributed by atoms with Gasteiger partial charge in [-0.3, -0.25) is 13.9 Å². The Labute approximate surface area is 250 Å². The van der Waals surface area contributed by atoms with Crippen molar-refractivity contribution in [1.82, 2.24) is 10.2 Å². The Bertz CT molecular complexity index is 1480. The van der Waals surface area contributed by atoms with Gasteiger partial charge in [0.05, 0.1) is 16.1 Å². The Morgan fingerprint density at radius 3 is 2.16 bits per heavy atom. The van der Waals surface area contributed by atoms with Gasteiger partial charge in [-0.05, 0) is 62.1 Å². The molecule has 0 heterocycles. The first-order valence-corrected chi connectivity index (χ1v) is 15.8. The van der Waals surface area contributed by atoms with Crippen molar-refractivity contribution in [2.24, 2.45) is 0 Å². The van der Waals surface area contributed by atoms with Crippen molar-refractivity contribution in [2.75, 3.05) is 17.4 Å². The van der Waals surface area contributed by atoms with Gasteiger partial charge in [-0.2, -0.15) is 13.2 Å². The standard InChI is InChI=1S/C32H36F3N3O4S/c1-24(31(40)36-27-15-7-3-8-16-27)37(21-20-25-12-5-2-6-13-25)30(39)23-38(43(41,42)29-18-9-4-10-19-29)28-17-11-14-26(22-28)32(33,34)35/h2,4-6,9-14,17-19,22,24,27H,3,7-8,15-16,20-21,23H2,1H3,(H,36,40). The second kappa shape index (κ2) is 14.1. The lowest BCUT2D eigenvalue weighted by molar-refractivity contribution is -0.139. The maximum atomic E-state index is 14.0. The zero-order valence-electron chi connectivity index (χ0n) is 24.0. The van der Waals surface area contributed by atoms with Crippen LogP contribution in [0, 0.1) is 0 Å². The number of halogens is 3. The summed E-state index contributed by atoms with van der Waals surface area (Å²) in [6.07, 6.45) is 0.450. The van der Waals surface area contributed by atoms with Crippen LogP contribution in [0.1, 0.15) is 50.2 Å². The zero-order chi connectivity index (χ0) is 31.0. The molecule has 4 rings (SSSR count). The SMILES string of the molecule is CC(C(=O)NC1CCCCC1)N(CCc1ccccc1)C(=O)CN(c1cccc(C(F)(F)F)c1)S(=O)(=O)c1ccccc1. The fourth-order valence-electron chi connectivity index (χ4n) is 5.22. The third-order valence-corrected chi connectivity index (χ3v) is 9.46. The van der Waals surface area contributed by atoms with E-state index in [0.29, 0.717) is 16.8 Å². The molecule has 0 aromatic heterocycles. The Morgan fingerprint density at radius 1 is 0.907 bits per heavy atom. The molecular weight excluding hydrogens is 579 g/mol. The van der Waals surface area contributed by atoms with E-state index in [-0.39, 0.29) is 29.1 Å². The number of amides is 2. The third-order valence-electron chi connectivity index (χ3n) is 7.67. The van der Waals surface area contributed by atoms with E-state index in [9.17, 15) is 31.2 Å². The number of carbonyl (C=O) groups excluding carboxylic acids is 2. The number of sulfonamides is 1. The smallest absolute Gasteiger partial charge is 0.352 e. The van der Waals surface area contributed by atoms with Crippen LogP contribution in [0.15, 0.2) is 89.8 Å². The van der Waals surface area contributed by atoms with E-state index < -0.39 is 40.3 Å². The highest BCUT2D eigenvalue weighted by Gasteiger charge is 2.35. The molecule has 1 saturated carbocycles. The van der Waals surface area contributed by atoms with E-state index in [4.69, 9.17) is 0 Å². The van der Waals surface area contributed by atoms with Gasteiger partial charge in [-0.25, -0.2) is 8.42 Å². The molecule has 0 spiro atoms. The molecule has 1 aliphatic carbocycles. The summed E-state index contributed by atoms with van der Waals surface area (Å²) in [6, 6.07) is 19.4. The second-order valence-corrected chi connectivity index (χ2v) is 12.6. The lowest BCUT2D eigenvalue weighted by Crippen LogP contribution is -2.53. The van der Waals surface area contributed by atoms with E-state index in [1.807, 2.05) is 30.3 Å². The Balaban J connectivity index is 1.67. The van der Waals surface area contributed by atoms with Crippen molar-refractivity contribution in [3.63, 3.8) is 0 Å². The minimum absolute atomic E-state index is 0.00478. The molecule has 0 bridgehead atoms. The van der Waals surface area contributed by atoms with Crippen LogP contribution < -0.4 is 9.62 Å². The molecule has 7 nitrogen and oxygen atoms in total. The average Bonchev–Trinajstić information content (AvgIpc) is 3.01. The number of nitrogens with zero attached hydrogens (tertiary/aromatic N) is 2. The van der Waals surface area contributed by atoms with Crippen LogP contribution in [0.4, 0.5) is 18.9 Å². The van der Waals surface area contributed by atoms with Crippen molar-refractivity contribution >= 4 is 27.5 Å². The Kier molecular flexibility index (Phi) is 10.5. The molecule has 0 radical (unpaired) electrons. The lowest BCUT2D eigenvalue weighted by Gasteiger charge is -2.33. The molecule has 3 aromatic rings. The van der Waals surface area contributed by atoms with Crippen LogP contribution >= 0.6 is 0 Å². The molecule has 0 aliphatic heterocycles. The summed E-state index contributed by atoms with van der Waals surface area (Å²) in [5, 5.41) is 3.03. The first-order valence-electron chi connectivity index (χ1n) is 14.4. The van der Waals surface area contributed by atoms with E-state index in [0.717, 1.165) is 49.8 Å². The number of hydrogen-bond acceptors (Lipinski definition) is 4. The monoisotopic (exact) mass is 615 g/mol. The predicted molar refractivity (Wildman–Crippen MR) is 159 cm³/mol. The first-order chi connectivity index (χ1) is 20.5. The summed E-state index contributed by atoms with van der Waals surface area (Å²) in [6.45, 7) is 0.889. The fraction of sp³-hybridized carbons (Fsp3) is 0.375. The molecule has 0 saturated heterocycles. The Hall–Kier alpha value is -3.86. The first kappa shape index (κ1) is 32.1. The molecule has 1 N–H and O–H groups in total. The van der Waals surface area contributed by atoms with Crippen LogP contribution in [0.3, 0.4) is 0 Å². The molecule has 2 amide bonds. The number of carbonyl (C=O) groups is 2. The average molecular weight is 616 g/mol. The molecular formula is C32H36F3N3O4S. The summed E-state index contributed by atoms with van der Waals surface area (Å²) in [5.74, 6) is -1.07. The predicted octanol–water partition coefficient (Wildman–Crippen LogP) is 5.81. The molecule has 1 unspecified atom stereocenters. The van der Waals surface area contributed by atoms with E-state index in [2.05, 4.69) is 5.32 Å². The topological polar surface area (TPSA) is 86.8 Å². The van der Waals surface area contributed by atoms with Gasteiger partial charge in [0.1, 0.15) is 12.6 Å². The zero-order valence-corrected chi connectivity index (χ0v) is 24.8. The van der Waals surface area contributed by atoms with Crippen molar-refractivity contribution in [1.29, 1.82) is 0 Å². The lowest BCUT2D eigenvalue weighted by atomic mass is 9.95. The van der Waals surface area contributed by atoms with Crippen LogP contribution in [0.5, 0.6) is 0 Å². The normalized spacial score (nSPS) is 15.0. The van der Waals surface area contributed by atoms with Crippen LogP contribution in [-0.4, -0.2) is 50.3 Å². The summed E-state index contributed by atoms with van der Waals surface area (Å²) < 4.78 is 69.1. The number of rotatable bonds is 11. The van der Waals surface area contributed by atoms with Crippen LogP contribution in [-0.2, 0) is 32.2 Å². The summed E-state index contributed by atoms with van der Waals surface area (Å²) in [7, 11) is -4.46. The van der Waals surface area contributed by atoms with Crippen molar-refractivity contribution in [2.45, 2.75) is 68.6 Å². The fourth-order valence-corrected chi connectivity index (χ4v) is 6.65. The van der Waals surface area contributed by atoms with Gasteiger partial charge < -0.3 is 10.2 Å². The largest absolute Gasteiger partial charge is 0.416 e. The van der Waals surface area contributed by atoms with E-state index >= 15 is 0 Å². The maximum absolute atomic E-state index is 14.0. The number of hydrogen-bond donors (Lipinski definition) is 1. The number of nitrogens with one attached hydrogen (secondary N) is 1. The molecule has 43 heavy (non-hydrogen) atoms. The third kappa shape index (κ3) is 8.37. The number of alkyl halides is 3. The van der Waals surface area contributed by atoms with Crippen LogP contribution in [0.2, 0.25) is 0 Å². The van der Waals surface area contributed by atoms with Gasteiger partial charge in [-0.15, -0.1) is 0 Å². The van der Waals surface area contributed by atoms with Crippen molar-refractivity contribution in [3.05, 3.63) is 96.1 Å². The number of benzene rings is 3. The second-order valence-electron chi connectivity index (χ2n) is 10.7. The van der Waals surface area contributed by atoms with Crippen molar-refractivity contribution < 1.29 is 31.2 Å². The molecule has 3 aromatic carbocycles. The summed E-state index contributed by atoms with van der Waals surface area (Å²) >= 11 is 0. The molecule has 1 atom stereocenters. The molecule has 1 aliphatic rings. The van der Waals surface area contributed by atoms with Crippen LogP contribution in [0.25, 0.3) is 0 Å². The van der Waals surface area contributed by atoms with Gasteiger partial charge in [0, 0.05) is 12.6 Å². The minimum Gasteiger partial charge on any atom is -0.352 e. The Morgan fingerprint density at radius 2 is 1.53 bits per heavy atom. The van der Waals surface area contributed by atoms with Gasteiger partial charge in [-0.1, -0.05) is 73.9 Å². The van der Waals surface area contributed by atoms with E-state index in [1.165, 1.54) is 35.2 Å². The van der Waals surface area contributed by atoms with Gasteiger partial charge >= 0.3 is 6.18 Å². The minimum atomic E-state index is -4.73. The molecule has 1 fully saturated rings. The molecule has 230 valence electrons. The van der Waals surface area contributed by atoms with Crippen molar-refractivity contribution in [3.8, 4) is 0 Å². The highest BCUT2D eigenvalue weighted by atomic mass is 32.2. The van der Waals surface area contributed by atoms with Gasteiger partial charge in [0.2, 0.25) is 11.8 Å². The highest BCUT2D eigenvalue weighted by Crippen LogP contribution is 2.33. The molecule has 11 heteroatoms.